The fourth-order valence-electron chi connectivity index (χ4n) is 0.394. The summed E-state index contributed by atoms with van der Waals surface area (Å²) in [5, 5.41) is 0. The van der Waals surface area contributed by atoms with Gasteiger partial charge >= 0.3 is 0 Å². The number of nitrogens with one attached hydrogen (secondary N) is 1. The minimum absolute atomic E-state index is 0. The van der Waals surface area contributed by atoms with E-state index < -0.39 is 0 Å². The van der Waals surface area contributed by atoms with Crippen molar-refractivity contribution in [3.05, 3.63) is 12.7 Å². The van der Waals surface area contributed by atoms with E-state index in [2.05, 4.69) is 6.92 Å². The molecule has 0 aromatic carbocycles. The minimum atomic E-state index is 0. The van der Waals surface area contributed by atoms with Crippen LogP contribution >= 0.6 is 0 Å². The first kappa shape index (κ1) is 18.4. The normalized spacial score (nSPS) is 8.18. The zero-order chi connectivity index (χ0) is 6.95. The fourth-order valence-corrected chi connectivity index (χ4v) is 0.394. The Hall–Kier alpha value is 1.65. The first-order chi connectivity index (χ1) is 4.41. The van der Waals surface area contributed by atoms with Crippen LogP contribution in [0.4, 0.5) is 0 Å². The second kappa shape index (κ2) is 17.7. The third kappa shape index (κ3) is 18.5. The predicted octanol–water partition coefficient (Wildman–Crippen LogP) is 0.901. The van der Waals surface area contributed by atoms with Crippen LogP contribution < -0.4 is 0 Å². The molecule has 0 saturated carbocycles. The van der Waals surface area contributed by atoms with E-state index >= 15 is 0 Å². The quantitative estimate of drug-likeness (QED) is 0.486. The number of hydrogen-bond donors (Lipinski definition) is 0. The van der Waals surface area contributed by atoms with E-state index in [1.165, 1.54) is 0 Å². The molecule has 0 amide bonds. The van der Waals surface area contributed by atoms with Gasteiger partial charge < -0.3 is 22.1 Å². The van der Waals surface area contributed by atoms with Crippen LogP contribution in [0.2, 0.25) is 0 Å². The van der Waals surface area contributed by atoms with Crippen LogP contribution in [-0.4, -0.2) is 33.0 Å². The van der Waals surface area contributed by atoms with Gasteiger partial charge in [-0.2, -0.15) is 0 Å². The molecule has 0 heterocycles. The van der Waals surface area contributed by atoms with Crippen molar-refractivity contribution in [2.75, 3.05) is 33.0 Å². The van der Waals surface area contributed by atoms with Crippen molar-refractivity contribution >= 4 is 0 Å². The van der Waals surface area contributed by atoms with Gasteiger partial charge in [-0.05, 0) is 0 Å². The summed E-state index contributed by atoms with van der Waals surface area (Å²) in [6, 6.07) is 0. The fraction of sp³-hybridized carbons (Fsp3) is 0.833. The van der Waals surface area contributed by atoms with E-state index in [9.17, 15) is 0 Å². The van der Waals surface area contributed by atoms with Gasteiger partial charge in [-0.25, -0.2) is 0 Å². The molecule has 0 saturated heterocycles. The molecule has 0 spiro atoms. The van der Waals surface area contributed by atoms with Gasteiger partial charge in [0.25, 0.3) is 0 Å². The molecule has 0 aliphatic rings. The molecule has 3 nitrogen and oxygen atoms in total. The van der Waals surface area contributed by atoms with Crippen LogP contribution in [0.15, 0.2) is 0 Å². The van der Waals surface area contributed by atoms with Gasteiger partial charge in [0.05, 0.1) is 13.2 Å². The molecule has 0 aliphatic carbocycles. The Labute approximate surface area is 107 Å². The van der Waals surface area contributed by atoms with E-state index in [4.69, 9.17) is 15.2 Å². The molecule has 2 radical (unpaired) electrons. The second-order valence-electron chi connectivity index (χ2n) is 1.47. The van der Waals surface area contributed by atoms with Gasteiger partial charge in [-0.1, -0.05) is 6.61 Å². The first-order valence-electron chi connectivity index (χ1n) is 3.01. The van der Waals surface area contributed by atoms with Gasteiger partial charge in [0, 0.05) is 59.7 Å². The van der Waals surface area contributed by atoms with Crippen molar-refractivity contribution < 1.29 is 62.6 Å². The van der Waals surface area contributed by atoms with Gasteiger partial charge in [-0.3, -0.25) is 0 Å². The molecular formula is C6H13NO2ReY-2. The summed E-state index contributed by atoms with van der Waals surface area (Å²) in [5.41, 5.74) is 6.70. The predicted molar refractivity (Wildman–Crippen MR) is 36.2 cm³/mol. The SMILES string of the molecule is [CH2-]COCCOCC[NH-].[Re].[Y]. The van der Waals surface area contributed by atoms with Crippen molar-refractivity contribution in [1.29, 1.82) is 0 Å². The number of rotatable bonds is 6. The van der Waals surface area contributed by atoms with Gasteiger partial charge in [0.2, 0.25) is 0 Å². The van der Waals surface area contributed by atoms with E-state index in [1.807, 2.05) is 0 Å². The molecule has 5 heteroatoms. The molecule has 0 aliphatic heterocycles. The van der Waals surface area contributed by atoms with Crippen molar-refractivity contribution in [1.82, 2.24) is 0 Å². The Morgan fingerprint density at radius 2 is 1.64 bits per heavy atom. The Morgan fingerprint density at radius 1 is 1.09 bits per heavy atom. The maximum Gasteiger partial charge on any atom is 0.0698 e. The Bertz CT molecular complexity index is 53.8. The van der Waals surface area contributed by atoms with E-state index in [-0.39, 0.29) is 53.1 Å². The first-order valence-corrected chi connectivity index (χ1v) is 3.01. The van der Waals surface area contributed by atoms with Crippen molar-refractivity contribution in [3.8, 4) is 0 Å². The smallest absolute Gasteiger partial charge is 0.0698 e. The van der Waals surface area contributed by atoms with Gasteiger partial charge in [0.15, 0.2) is 0 Å². The van der Waals surface area contributed by atoms with E-state index in [0.717, 1.165) is 0 Å². The van der Waals surface area contributed by atoms with Crippen molar-refractivity contribution in [2.45, 2.75) is 0 Å². The Kier molecular flexibility index (Phi) is 29.6. The minimum Gasteiger partial charge on any atom is -0.676 e. The third-order valence-corrected chi connectivity index (χ3v) is 0.763. The third-order valence-electron chi connectivity index (χ3n) is 0.763. The molecule has 0 bridgehead atoms. The standard InChI is InChI=1S/C6H13NO2.Re.Y/c1-2-8-5-6-9-4-3-7;;/h7H,1-6H2;;/q-2;;. The zero-order valence-electron chi connectivity index (χ0n) is 6.51. The van der Waals surface area contributed by atoms with Crippen LogP contribution in [0.25, 0.3) is 5.73 Å². The van der Waals surface area contributed by atoms with Crippen LogP contribution in [0.3, 0.4) is 0 Å². The summed E-state index contributed by atoms with van der Waals surface area (Å²) in [4.78, 5) is 0. The molecule has 0 aromatic heterocycles. The second-order valence-corrected chi connectivity index (χ2v) is 1.47. The summed E-state index contributed by atoms with van der Waals surface area (Å²) < 4.78 is 9.83. The molecule has 0 rings (SSSR count). The molecular weight excluding hydrogens is 393 g/mol. The molecule has 1 N–H and O–H groups in total. The Morgan fingerprint density at radius 3 is 2.09 bits per heavy atom. The summed E-state index contributed by atoms with van der Waals surface area (Å²) >= 11 is 0. The molecule has 0 unspecified atom stereocenters. The van der Waals surface area contributed by atoms with Gasteiger partial charge in [-0.15, -0.1) is 6.54 Å². The maximum absolute atomic E-state index is 6.70. The zero-order valence-corrected chi connectivity index (χ0v) is 12.1. The van der Waals surface area contributed by atoms with E-state index in [0.29, 0.717) is 33.0 Å². The van der Waals surface area contributed by atoms with Crippen LogP contribution in [0, 0.1) is 6.92 Å². The van der Waals surface area contributed by atoms with Crippen LogP contribution in [-0.2, 0) is 62.6 Å². The average Bonchev–Trinajstić information content (AvgIpc) is 1.89. The largest absolute Gasteiger partial charge is 0.676 e. The number of ether oxygens (including phenoxy) is 2. The number of hydrogen-bond acceptors (Lipinski definition) is 2. The average molecular weight is 406 g/mol. The Balaban J connectivity index is -0.000000320. The molecule has 0 atom stereocenters. The molecule has 66 valence electrons. The maximum atomic E-state index is 6.70. The monoisotopic (exact) mass is 407 g/mol. The molecule has 0 fully saturated rings. The summed E-state index contributed by atoms with van der Waals surface area (Å²) in [7, 11) is 0. The molecule has 0 aromatic rings. The summed E-state index contributed by atoms with van der Waals surface area (Å²) in [6.07, 6.45) is 0. The molecule has 11 heavy (non-hydrogen) atoms. The van der Waals surface area contributed by atoms with Crippen molar-refractivity contribution in [2.24, 2.45) is 0 Å². The topological polar surface area (TPSA) is 42.3 Å². The van der Waals surface area contributed by atoms with E-state index in [1.54, 1.807) is 0 Å². The van der Waals surface area contributed by atoms with Crippen LogP contribution in [0.5, 0.6) is 0 Å². The summed E-state index contributed by atoms with van der Waals surface area (Å²) in [5.74, 6) is 0. The van der Waals surface area contributed by atoms with Gasteiger partial charge in [0.1, 0.15) is 0 Å². The summed E-state index contributed by atoms with van der Waals surface area (Å²) in [6.45, 7) is 5.97. The van der Waals surface area contributed by atoms with Crippen LogP contribution in [0.1, 0.15) is 0 Å². The van der Waals surface area contributed by atoms with Crippen molar-refractivity contribution in [3.63, 3.8) is 0 Å².